The van der Waals surface area contributed by atoms with Gasteiger partial charge in [-0.1, -0.05) is 0 Å². The molecule has 0 aromatic heterocycles. The van der Waals surface area contributed by atoms with Crippen molar-refractivity contribution in [2.75, 3.05) is 26.9 Å². The molecule has 1 amide bonds. The number of rotatable bonds is 11. The Morgan fingerprint density at radius 3 is 2.26 bits per heavy atom. The average molecular weight is 478 g/mol. The fourth-order valence-electron chi connectivity index (χ4n) is 2.89. The summed E-state index contributed by atoms with van der Waals surface area (Å²) in [5.74, 6) is -6.22. The highest BCUT2D eigenvalue weighted by molar-refractivity contribution is 7.48. The minimum atomic E-state index is -4.07. The van der Waals surface area contributed by atoms with Gasteiger partial charge in [0, 0.05) is 6.92 Å². The van der Waals surface area contributed by atoms with Gasteiger partial charge in [-0.15, -0.1) is 0 Å². The Labute approximate surface area is 177 Å². The van der Waals surface area contributed by atoms with Crippen LogP contribution in [0, 0.1) is 0 Å². The first-order valence-corrected chi connectivity index (χ1v) is 10.8. The minimum Gasteiger partial charge on any atom is -0.465 e. The van der Waals surface area contributed by atoms with Gasteiger partial charge in [0.15, 0.2) is 6.17 Å². The normalized spacial score (nSPS) is 31.0. The molecular weight excluding hydrogens is 449 g/mol. The maximum atomic E-state index is 15.0. The van der Waals surface area contributed by atoms with Crippen LogP contribution in [-0.4, -0.2) is 91.4 Å². The highest BCUT2D eigenvalue weighted by Crippen LogP contribution is 2.49. The average Bonchev–Trinajstić information content (AvgIpc) is 2.71. The molecular formula is C16H29F2N2O10P. The predicted molar refractivity (Wildman–Crippen MR) is 100 cm³/mol. The summed E-state index contributed by atoms with van der Waals surface area (Å²) >= 11 is 0. The highest BCUT2D eigenvalue weighted by atomic mass is 31.2. The Bertz CT molecular complexity index is 664. The molecule has 0 unspecified atom stereocenters. The number of alkyl halides is 2. The summed E-state index contributed by atoms with van der Waals surface area (Å²) in [6.07, 6.45) is -8.72. The van der Waals surface area contributed by atoms with E-state index in [1.807, 2.05) is 0 Å². The maximum absolute atomic E-state index is 15.0. The van der Waals surface area contributed by atoms with Crippen LogP contribution >= 0.6 is 7.82 Å². The van der Waals surface area contributed by atoms with Gasteiger partial charge in [-0.25, -0.2) is 13.8 Å². The monoisotopic (exact) mass is 478 g/mol. The zero-order valence-corrected chi connectivity index (χ0v) is 18.4. The molecule has 0 aromatic rings. The number of phosphoric ester groups is 1. The third kappa shape index (κ3) is 6.62. The second kappa shape index (κ2) is 11.6. The molecule has 1 rings (SSSR count). The predicted octanol–water partition coefficient (Wildman–Crippen LogP) is -0.686. The van der Waals surface area contributed by atoms with Crippen LogP contribution in [0.1, 0.15) is 20.8 Å². The number of nitrogens with two attached hydrogens (primary N) is 1. The van der Waals surface area contributed by atoms with Gasteiger partial charge in [-0.3, -0.25) is 18.4 Å². The van der Waals surface area contributed by atoms with E-state index in [9.17, 15) is 33.1 Å². The van der Waals surface area contributed by atoms with E-state index in [2.05, 4.69) is 10.1 Å². The molecule has 0 spiro atoms. The molecule has 0 aliphatic carbocycles. The molecule has 0 bridgehead atoms. The van der Waals surface area contributed by atoms with Gasteiger partial charge in [0.05, 0.1) is 39.0 Å². The standard InChI is InChI=1S/C16H29F2N2O10P/c1-5-27-31(25,28-6-2)29-7-9(22)12(23)13-11(20-8(3)21)10(19)14(17)16(18,30-13)15(24)26-4/h9-14,22-23H,5-7,19H2,1-4H3,(H,20,21)/t9-,10-,11-,12-,13-,14-,16-/m1/s1. The lowest BCUT2D eigenvalue weighted by atomic mass is 9.86. The quantitative estimate of drug-likeness (QED) is 0.218. The largest absolute Gasteiger partial charge is 0.474 e. The fourth-order valence-corrected chi connectivity index (χ4v) is 4.08. The van der Waals surface area contributed by atoms with Crippen LogP contribution in [0.2, 0.25) is 0 Å². The number of methoxy groups -OCH3 is 1. The summed E-state index contributed by atoms with van der Waals surface area (Å²) in [6.45, 7) is 3.11. The second-order valence-corrected chi connectivity index (χ2v) is 8.23. The number of aliphatic hydroxyl groups is 2. The highest BCUT2D eigenvalue weighted by Gasteiger charge is 2.62. The van der Waals surface area contributed by atoms with E-state index in [0.717, 1.165) is 14.0 Å². The van der Waals surface area contributed by atoms with Crippen molar-refractivity contribution in [3.63, 3.8) is 0 Å². The van der Waals surface area contributed by atoms with E-state index >= 15 is 0 Å². The molecule has 1 aliphatic rings. The lowest BCUT2D eigenvalue weighted by Gasteiger charge is -2.46. The van der Waals surface area contributed by atoms with Crippen LogP contribution in [0.25, 0.3) is 0 Å². The van der Waals surface area contributed by atoms with Gasteiger partial charge in [0.25, 0.3) is 0 Å². The first kappa shape index (κ1) is 27.8. The third-order valence-corrected chi connectivity index (χ3v) is 5.93. The van der Waals surface area contributed by atoms with Gasteiger partial charge in [-0.2, -0.15) is 4.39 Å². The number of amides is 1. The van der Waals surface area contributed by atoms with E-state index in [4.69, 9.17) is 24.0 Å². The van der Waals surface area contributed by atoms with Crippen molar-refractivity contribution in [1.82, 2.24) is 5.32 Å². The molecule has 7 atom stereocenters. The molecule has 1 saturated heterocycles. The zero-order valence-electron chi connectivity index (χ0n) is 17.5. The summed E-state index contributed by atoms with van der Waals surface area (Å²) < 4.78 is 65.6. The smallest absolute Gasteiger partial charge is 0.465 e. The molecule has 0 radical (unpaired) electrons. The summed E-state index contributed by atoms with van der Waals surface area (Å²) in [7, 11) is -3.30. The fraction of sp³-hybridized carbons (Fsp3) is 0.875. The Morgan fingerprint density at radius 1 is 1.26 bits per heavy atom. The summed E-state index contributed by atoms with van der Waals surface area (Å²) in [5, 5.41) is 23.0. The van der Waals surface area contributed by atoms with Gasteiger partial charge < -0.3 is 30.7 Å². The minimum absolute atomic E-state index is 0.0531. The van der Waals surface area contributed by atoms with E-state index in [-0.39, 0.29) is 13.2 Å². The Morgan fingerprint density at radius 2 is 1.81 bits per heavy atom. The molecule has 1 heterocycles. The topological polar surface area (TPSA) is 176 Å². The van der Waals surface area contributed by atoms with Gasteiger partial charge in [0.2, 0.25) is 5.91 Å². The second-order valence-electron chi connectivity index (χ2n) is 6.56. The molecule has 0 aromatic carbocycles. The Hall–Kier alpha value is -1.25. The van der Waals surface area contributed by atoms with Crippen molar-refractivity contribution < 1.29 is 56.2 Å². The van der Waals surface area contributed by atoms with Crippen molar-refractivity contribution in [3.8, 4) is 0 Å². The number of hydrogen-bond acceptors (Lipinski definition) is 11. The molecule has 182 valence electrons. The molecule has 12 nitrogen and oxygen atoms in total. The number of ether oxygens (including phenoxy) is 2. The van der Waals surface area contributed by atoms with E-state index in [0.29, 0.717) is 0 Å². The first-order chi connectivity index (χ1) is 14.4. The van der Waals surface area contributed by atoms with Crippen LogP contribution in [0.4, 0.5) is 8.78 Å². The van der Waals surface area contributed by atoms with Crippen LogP contribution < -0.4 is 11.1 Å². The third-order valence-electron chi connectivity index (χ3n) is 4.31. The van der Waals surface area contributed by atoms with Crippen molar-refractivity contribution in [1.29, 1.82) is 0 Å². The van der Waals surface area contributed by atoms with Gasteiger partial charge in [0.1, 0.15) is 18.3 Å². The summed E-state index contributed by atoms with van der Waals surface area (Å²) in [6, 6.07) is -3.43. The van der Waals surface area contributed by atoms with Crippen molar-refractivity contribution in [2.45, 2.75) is 63.2 Å². The van der Waals surface area contributed by atoms with E-state index in [1.54, 1.807) is 0 Å². The number of carbonyl (C=O) groups is 2. The number of phosphoric acid groups is 1. The van der Waals surface area contributed by atoms with Crippen molar-refractivity contribution >= 4 is 19.7 Å². The summed E-state index contributed by atoms with van der Waals surface area (Å²) in [5.41, 5.74) is 5.66. The maximum Gasteiger partial charge on any atom is 0.474 e. The Balaban J connectivity index is 3.11. The number of hydrogen-bond donors (Lipinski definition) is 4. The first-order valence-electron chi connectivity index (χ1n) is 9.38. The summed E-state index contributed by atoms with van der Waals surface area (Å²) in [4.78, 5) is 23.3. The van der Waals surface area contributed by atoms with Crippen LogP contribution in [0.15, 0.2) is 0 Å². The van der Waals surface area contributed by atoms with E-state index in [1.165, 1.54) is 13.8 Å². The SMILES string of the molecule is CCOP(=O)(OCC)OC[C@@H](O)[C@@H](O)[C@@H]1O[C@@](F)(C(=O)OC)[C@H](F)[C@H](N)[C@H]1NC(C)=O. The zero-order chi connectivity index (χ0) is 24.0. The number of aliphatic hydroxyl groups excluding tert-OH is 2. The molecule has 5 N–H and O–H groups in total. The van der Waals surface area contributed by atoms with Crippen LogP contribution in [0.3, 0.4) is 0 Å². The van der Waals surface area contributed by atoms with Crippen LogP contribution in [0.5, 0.6) is 0 Å². The van der Waals surface area contributed by atoms with Gasteiger partial charge >= 0.3 is 19.6 Å². The molecule has 31 heavy (non-hydrogen) atoms. The molecule has 15 heteroatoms. The van der Waals surface area contributed by atoms with E-state index < -0.39 is 68.7 Å². The lowest BCUT2D eigenvalue weighted by molar-refractivity contribution is -0.277. The van der Waals surface area contributed by atoms with Gasteiger partial charge in [-0.05, 0) is 13.8 Å². The van der Waals surface area contributed by atoms with Crippen molar-refractivity contribution in [2.24, 2.45) is 5.73 Å². The van der Waals surface area contributed by atoms with Crippen LogP contribution in [-0.2, 0) is 37.2 Å². The number of esters is 1. The number of halogens is 2. The number of nitrogens with one attached hydrogen (secondary N) is 1. The Kier molecular flexibility index (Phi) is 10.4. The molecule has 0 saturated carbocycles. The molecule has 1 aliphatic heterocycles. The number of carbonyl (C=O) groups excluding carboxylic acids is 2. The lowest BCUT2D eigenvalue weighted by Crippen LogP contribution is -2.73. The molecule has 1 fully saturated rings. The van der Waals surface area contributed by atoms with Crippen molar-refractivity contribution in [3.05, 3.63) is 0 Å².